The molecule has 0 amide bonds. The van der Waals surface area contributed by atoms with Gasteiger partial charge >= 0.3 is 6.97 Å². The molecule has 2 aromatic rings. The highest BCUT2D eigenvalue weighted by atomic mass is 19.2. The van der Waals surface area contributed by atoms with Crippen molar-refractivity contribution < 1.29 is 13.1 Å². The molecule has 2 aliphatic rings. The largest absolute Gasteiger partial charge is 0.737 e. The first-order valence-electron chi connectivity index (χ1n) is 8.15. The molecular weight excluding hydrogens is 305 g/mol. The van der Waals surface area contributed by atoms with Crippen LogP contribution in [0, 0.1) is 0 Å². The Labute approximate surface area is 140 Å². The van der Waals surface area contributed by atoms with E-state index in [2.05, 4.69) is 32.9 Å². The smallest absolute Gasteiger partial charge is 0.396 e. The summed E-state index contributed by atoms with van der Waals surface area (Å²) in [6.07, 6.45) is 6.36. The topological polar surface area (TPSA) is 7.94 Å². The summed E-state index contributed by atoms with van der Waals surface area (Å²) in [6.45, 7) is 2.66. The van der Waals surface area contributed by atoms with Gasteiger partial charge in [-0.2, -0.15) is 0 Å². The second kappa shape index (κ2) is 4.79. The molecule has 0 spiro atoms. The van der Waals surface area contributed by atoms with Gasteiger partial charge < -0.3 is 17.6 Å². The third-order valence-electron chi connectivity index (χ3n) is 4.78. The van der Waals surface area contributed by atoms with Crippen molar-refractivity contribution in [1.82, 2.24) is 4.48 Å². The van der Waals surface area contributed by atoms with Crippen LogP contribution < -0.4 is 0 Å². The summed E-state index contributed by atoms with van der Waals surface area (Å²) < 4.78 is 31.7. The van der Waals surface area contributed by atoms with Crippen LogP contribution in [0.25, 0.3) is 5.57 Å². The average Bonchev–Trinajstić information content (AvgIpc) is 3.17. The van der Waals surface area contributed by atoms with E-state index in [0.29, 0.717) is 11.4 Å². The molecule has 1 aromatic heterocycles. The molecule has 122 valence electrons. The lowest BCUT2D eigenvalue weighted by Crippen LogP contribution is -2.49. The molecule has 0 saturated carbocycles. The minimum Gasteiger partial charge on any atom is -0.396 e. The molecule has 0 radical (unpaired) electrons. The van der Waals surface area contributed by atoms with Gasteiger partial charge in [-0.1, -0.05) is 45.0 Å². The molecule has 0 fully saturated rings. The van der Waals surface area contributed by atoms with Crippen molar-refractivity contribution in [2.24, 2.45) is 0 Å². The van der Waals surface area contributed by atoms with Gasteiger partial charge in [0, 0.05) is 17.8 Å². The normalized spacial score (nSPS) is 18.5. The van der Waals surface area contributed by atoms with Crippen LogP contribution in [0.5, 0.6) is 0 Å². The lowest BCUT2D eigenvalue weighted by Gasteiger charge is -2.31. The number of nitrogens with zero attached hydrogens (tertiary/aromatic N) is 2. The Bertz CT molecular complexity index is 910. The van der Waals surface area contributed by atoms with Crippen LogP contribution in [0.1, 0.15) is 37.6 Å². The van der Waals surface area contributed by atoms with Gasteiger partial charge in [0.1, 0.15) is 6.21 Å². The predicted molar refractivity (Wildman–Crippen MR) is 94.4 cm³/mol. The van der Waals surface area contributed by atoms with Gasteiger partial charge in [-0.3, -0.25) is 0 Å². The van der Waals surface area contributed by atoms with Gasteiger partial charge in [0.25, 0.3) is 0 Å². The summed E-state index contributed by atoms with van der Waals surface area (Å²) in [6, 6.07) is 11.7. The van der Waals surface area contributed by atoms with Crippen LogP contribution in [0.3, 0.4) is 0 Å². The minimum atomic E-state index is -3.83. The highest BCUT2D eigenvalue weighted by molar-refractivity contribution is 6.57. The second-order valence-corrected chi connectivity index (χ2v) is 7.39. The quantitative estimate of drug-likeness (QED) is 0.686. The van der Waals surface area contributed by atoms with Gasteiger partial charge in [0.2, 0.25) is 0 Å². The fourth-order valence-electron chi connectivity index (χ4n) is 3.45. The molecule has 0 N–H and O–H groups in total. The van der Waals surface area contributed by atoms with Crippen molar-refractivity contribution in [2.75, 3.05) is 0 Å². The summed E-state index contributed by atoms with van der Waals surface area (Å²) >= 11 is 0. The van der Waals surface area contributed by atoms with E-state index in [9.17, 15) is 8.63 Å². The molecule has 1 aromatic carbocycles. The lowest BCUT2D eigenvalue weighted by atomic mass is 9.84. The molecule has 0 aliphatic carbocycles. The van der Waals surface area contributed by atoms with Crippen molar-refractivity contribution in [1.29, 1.82) is 0 Å². The second-order valence-electron chi connectivity index (χ2n) is 7.39. The average molecular weight is 324 g/mol. The van der Waals surface area contributed by atoms with Gasteiger partial charge in [-0.25, -0.2) is 0 Å². The van der Waals surface area contributed by atoms with E-state index in [1.54, 1.807) is 24.3 Å². The summed E-state index contributed by atoms with van der Waals surface area (Å²) in [4.78, 5) is 0. The predicted octanol–water partition coefficient (Wildman–Crippen LogP) is 4.43. The van der Waals surface area contributed by atoms with Crippen molar-refractivity contribution >= 4 is 18.8 Å². The number of rotatable bonds is 1. The van der Waals surface area contributed by atoms with E-state index in [1.165, 1.54) is 18.0 Å². The molecule has 24 heavy (non-hydrogen) atoms. The number of benzene rings is 1. The summed E-state index contributed by atoms with van der Waals surface area (Å²) in [7, 11) is 0. The Balaban J connectivity index is 1.92. The Morgan fingerprint density at radius 1 is 1.04 bits per heavy atom. The maximum Gasteiger partial charge on any atom is 0.737 e. The first-order chi connectivity index (χ1) is 11.3. The maximum atomic E-state index is 14.7. The van der Waals surface area contributed by atoms with Crippen molar-refractivity contribution in [2.45, 2.75) is 26.2 Å². The van der Waals surface area contributed by atoms with Gasteiger partial charge in [-0.15, -0.1) is 0 Å². The maximum absolute atomic E-state index is 14.7. The lowest BCUT2D eigenvalue weighted by molar-refractivity contribution is -0.356. The number of hydrogen-bond donors (Lipinski definition) is 0. The molecule has 0 bridgehead atoms. The summed E-state index contributed by atoms with van der Waals surface area (Å²) in [5, 5.41) is 0. The van der Waals surface area contributed by atoms with E-state index in [0.717, 1.165) is 20.1 Å². The number of halogens is 2. The van der Waals surface area contributed by atoms with E-state index in [-0.39, 0.29) is 5.41 Å². The molecule has 0 unspecified atom stereocenters. The third-order valence-corrected chi connectivity index (χ3v) is 4.78. The Kier molecular flexibility index (Phi) is 3.02. The van der Waals surface area contributed by atoms with Crippen molar-refractivity contribution in [3.05, 3.63) is 77.3 Å². The Morgan fingerprint density at radius 3 is 2.42 bits per heavy atom. The summed E-state index contributed by atoms with van der Waals surface area (Å²) in [5.74, 6) is 0. The van der Waals surface area contributed by atoms with Crippen molar-refractivity contribution in [3.8, 4) is 0 Å². The van der Waals surface area contributed by atoms with Crippen LogP contribution >= 0.6 is 0 Å². The zero-order chi connectivity index (χ0) is 17.1. The van der Waals surface area contributed by atoms with Gasteiger partial charge in [0.05, 0.1) is 5.57 Å². The Morgan fingerprint density at radius 2 is 1.75 bits per heavy atom. The third kappa shape index (κ3) is 2.04. The number of aromatic nitrogens is 1. The first-order valence-corrected chi connectivity index (χ1v) is 8.15. The molecule has 2 aliphatic heterocycles. The number of fused-ring (bicyclic) bond motifs is 2. The number of allylic oxidation sites excluding steroid dienone is 2. The molecule has 5 heteroatoms. The van der Waals surface area contributed by atoms with Crippen LogP contribution in [0.15, 0.2) is 60.4 Å². The molecule has 4 rings (SSSR count). The summed E-state index contributed by atoms with van der Waals surface area (Å²) in [5.41, 5.74) is 4.21. The monoisotopic (exact) mass is 324 g/mol. The molecular formula is C19H19BF2N2. The fraction of sp³-hybridized carbons (Fsp3) is 0.211. The van der Waals surface area contributed by atoms with E-state index in [4.69, 9.17) is 0 Å². The van der Waals surface area contributed by atoms with Gasteiger partial charge in [0.15, 0.2) is 5.70 Å². The van der Waals surface area contributed by atoms with Crippen LogP contribution in [0.4, 0.5) is 8.63 Å². The highest BCUT2D eigenvalue weighted by Crippen LogP contribution is 2.38. The fourth-order valence-corrected chi connectivity index (χ4v) is 3.45. The zero-order valence-electron chi connectivity index (χ0n) is 14.0. The van der Waals surface area contributed by atoms with Crippen LogP contribution in [-0.2, 0) is 5.41 Å². The minimum absolute atomic E-state index is 0.0618. The molecule has 2 nitrogen and oxygen atoms in total. The van der Waals surface area contributed by atoms with E-state index in [1.807, 2.05) is 12.1 Å². The standard InChI is InChI=1S/C19H19BF2N2/c1-19(2,3)15-10-8-14(9-11-15)18-16-6-4-12-23(16)20(21,22)24-13-5-7-17(18)24/h4-13H,1-3H3. The van der Waals surface area contributed by atoms with E-state index >= 15 is 0 Å². The Hall–Kier alpha value is -2.43. The van der Waals surface area contributed by atoms with Crippen LogP contribution in [-0.4, -0.2) is 22.1 Å². The van der Waals surface area contributed by atoms with Gasteiger partial charge in [-0.05, 0) is 34.9 Å². The van der Waals surface area contributed by atoms with Crippen molar-refractivity contribution in [3.63, 3.8) is 0 Å². The molecule has 0 atom stereocenters. The zero-order valence-corrected chi connectivity index (χ0v) is 14.0. The number of hydrogen-bond acceptors (Lipinski definition) is 0. The van der Waals surface area contributed by atoms with Crippen LogP contribution in [0.2, 0.25) is 0 Å². The highest BCUT2D eigenvalue weighted by Gasteiger charge is 2.51. The SMILES string of the molecule is CC(C)(C)c1ccc(C2=C3C=CC=[N+]3[B-](F)(F)n3cccc32)cc1. The molecule has 3 heterocycles. The first kappa shape index (κ1) is 15.1. The molecule has 0 saturated heterocycles. The van der Waals surface area contributed by atoms with E-state index < -0.39 is 6.97 Å².